The lowest BCUT2D eigenvalue weighted by Crippen LogP contribution is -2.61. The van der Waals surface area contributed by atoms with Crippen molar-refractivity contribution < 1.29 is 53.9 Å². The van der Waals surface area contributed by atoms with Crippen molar-refractivity contribution in [2.45, 2.75) is 63.1 Å². The van der Waals surface area contributed by atoms with Crippen LogP contribution in [0.5, 0.6) is 5.75 Å². The quantitative estimate of drug-likeness (QED) is 0.110. The number of carboxylic acid groups (broad SMARTS) is 1. The number of nitrogens with zero attached hydrogens (tertiary/aromatic N) is 9. The number of likely N-dealkylation sites (N-methyl/N-ethyl adjacent to an activating group) is 3. The van der Waals surface area contributed by atoms with Crippen LogP contribution in [0.15, 0.2) is 36.8 Å². The van der Waals surface area contributed by atoms with Crippen LogP contribution in [0.25, 0.3) is 11.0 Å². The number of nitro benzene ring substituents is 1. The molecule has 0 unspecified atom stereocenters. The minimum absolute atomic E-state index is 0.0291. The van der Waals surface area contributed by atoms with Crippen LogP contribution in [0, 0.1) is 27.4 Å². The van der Waals surface area contributed by atoms with Crippen LogP contribution >= 0.6 is 12.2 Å². The molecule has 0 aliphatic carbocycles. The van der Waals surface area contributed by atoms with Gasteiger partial charge in [0.15, 0.2) is 17.5 Å². The second-order valence-electron chi connectivity index (χ2n) is 13.8. The maximum atomic E-state index is 13.6. The Hall–Kier alpha value is -5.73. The van der Waals surface area contributed by atoms with Crippen LogP contribution < -0.4 is 9.64 Å². The average Bonchev–Trinajstić information content (AvgIpc) is 3.63. The summed E-state index contributed by atoms with van der Waals surface area (Å²) in [6.07, 6.45) is -6.07. The number of carboxylic acids is 1. The van der Waals surface area contributed by atoms with E-state index in [1.807, 2.05) is 18.0 Å². The number of nitriles is 1. The smallest absolute Gasteiger partial charge is 0.335 e. The molecule has 0 spiro atoms. The van der Waals surface area contributed by atoms with E-state index in [1.165, 1.54) is 27.9 Å². The molecule has 306 valence electrons. The number of nitro groups is 1. The lowest BCUT2D eigenvalue weighted by Gasteiger charge is -2.42. The Morgan fingerprint density at radius 1 is 1.11 bits per heavy atom. The lowest BCUT2D eigenvalue weighted by atomic mass is 9.92. The highest BCUT2D eigenvalue weighted by molar-refractivity contribution is 7.80. The van der Waals surface area contributed by atoms with E-state index < -0.39 is 53.0 Å². The highest BCUT2D eigenvalue weighted by Crippen LogP contribution is 2.33. The monoisotopic (exact) mass is 813 g/mol. The van der Waals surface area contributed by atoms with Gasteiger partial charge in [0.2, 0.25) is 12.2 Å². The molecule has 4 N–H and O–H groups in total. The number of hydrogen-bond donors (Lipinski definition) is 4. The van der Waals surface area contributed by atoms with E-state index in [0.717, 1.165) is 12.5 Å². The number of aromatic nitrogens is 3. The number of benzene rings is 1. The van der Waals surface area contributed by atoms with Gasteiger partial charge in [-0.05, 0) is 42.3 Å². The van der Waals surface area contributed by atoms with E-state index in [4.69, 9.17) is 31.7 Å². The summed E-state index contributed by atoms with van der Waals surface area (Å²) >= 11 is 5.40. The Kier molecular flexibility index (Phi) is 13.4. The fraction of sp³-hybridized carbons (Fsp3) is 0.514. The van der Waals surface area contributed by atoms with E-state index in [-0.39, 0.29) is 55.2 Å². The highest BCUT2D eigenvalue weighted by Gasteiger charge is 2.48. The van der Waals surface area contributed by atoms with Gasteiger partial charge in [0.05, 0.1) is 22.4 Å². The molecule has 2 aromatic heterocycles. The summed E-state index contributed by atoms with van der Waals surface area (Å²) in [5.74, 6) is -1.43. The zero-order chi connectivity index (χ0) is 41.7. The normalized spacial score (nSPS) is 23.3. The van der Waals surface area contributed by atoms with Crippen molar-refractivity contribution in [3.05, 3.63) is 52.5 Å². The molecule has 0 saturated carbocycles. The number of ether oxygens (including phenoxy) is 3. The van der Waals surface area contributed by atoms with Crippen LogP contribution in [-0.4, -0.2) is 162 Å². The molecule has 0 radical (unpaired) electrons. The first-order chi connectivity index (χ1) is 27.0. The van der Waals surface area contributed by atoms with Crippen molar-refractivity contribution >= 4 is 57.8 Å². The summed E-state index contributed by atoms with van der Waals surface area (Å²) in [6, 6.07) is 6.93. The van der Waals surface area contributed by atoms with Crippen molar-refractivity contribution in [2.24, 2.45) is 5.92 Å². The standard InChI is InChI=1S/C35H43N9O12S/c1-19-8-11-42(25(45)7-10-36)16-23(19)41(4)30-21-9-12-43(31(21)38-18-37-30)34(51)39(2)13-14-40(3)35(57)54-17-20-5-6-24(22(15-20)44(52)53)55-33-28(48)26(46)27(47)29(56-33)32(49)50/h5-6,9,12,15,18-19,23,26-29,33,46-48H,7-8,11,13-14,16-17H2,1-4H3,(H,49,50)/t19-,23+,26+,27+,28-,29+,33-/m1/s1. The maximum absolute atomic E-state index is 13.6. The van der Waals surface area contributed by atoms with Gasteiger partial charge in [0, 0.05) is 59.6 Å². The van der Waals surface area contributed by atoms with Gasteiger partial charge in [-0.15, -0.1) is 0 Å². The fourth-order valence-corrected chi connectivity index (χ4v) is 6.74. The summed E-state index contributed by atoms with van der Waals surface area (Å²) in [5, 5.41) is 61.0. The summed E-state index contributed by atoms with van der Waals surface area (Å²) in [5.41, 5.74) is 0.111. The molecule has 0 bridgehead atoms. The molecular weight excluding hydrogens is 771 g/mol. The topological polar surface area (TPSA) is 270 Å². The largest absolute Gasteiger partial charge is 0.479 e. The van der Waals surface area contributed by atoms with Crippen molar-refractivity contribution in [3.63, 3.8) is 0 Å². The zero-order valence-electron chi connectivity index (χ0n) is 31.4. The molecule has 4 heterocycles. The molecule has 7 atom stereocenters. The maximum Gasteiger partial charge on any atom is 0.335 e. The SMILES string of the molecule is C[C@@H]1CCN(C(=O)CC#N)C[C@@H]1N(C)c1ncnc2c1ccn2C(=O)N(C)CCN(C)C(=S)OCc1ccc(O[C@@H]2O[C@H](C(=O)O)[C@@H](O)[C@H](O)[C@H]2O)c([N+](=O)[O-])c1. The molecule has 2 amide bonds. The van der Waals surface area contributed by atoms with Gasteiger partial charge in [-0.1, -0.05) is 13.0 Å². The third-order valence-electron chi connectivity index (χ3n) is 10.0. The second-order valence-corrected chi connectivity index (χ2v) is 14.2. The number of aliphatic carboxylic acids is 1. The first-order valence-corrected chi connectivity index (χ1v) is 18.1. The molecule has 57 heavy (non-hydrogen) atoms. The van der Waals surface area contributed by atoms with Crippen LogP contribution in [0.2, 0.25) is 0 Å². The molecule has 22 heteroatoms. The number of hydrogen-bond acceptors (Lipinski definition) is 16. The Bertz CT molecular complexity index is 2050. The Labute approximate surface area is 331 Å². The number of piperidine rings is 1. The van der Waals surface area contributed by atoms with Gasteiger partial charge in [-0.2, -0.15) is 5.26 Å². The zero-order valence-corrected chi connectivity index (χ0v) is 32.3. The summed E-state index contributed by atoms with van der Waals surface area (Å²) in [6.45, 7) is 3.38. The number of anilines is 1. The first-order valence-electron chi connectivity index (χ1n) is 17.7. The van der Waals surface area contributed by atoms with Crippen LogP contribution in [0.1, 0.15) is 25.3 Å². The number of aliphatic hydroxyl groups excluding tert-OH is 3. The van der Waals surface area contributed by atoms with Gasteiger partial charge < -0.3 is 54.2 Å². The predicted octanol–water partition coefficient (Wildman–Crippen LogP) is 0.531. The number of rotatable bonds is 12. The van der Waals surface area contributed by atoms with E-state index in [1.54, 1.807) is 36.2 Å². The van der Waals surface area contributed by atoms with Crippen molar-refractivity contribution in [3.8, 4) is 11.8 Å². The number of aliphatic hydroxyl groups is 3. The molecule has 2 aliphatic heterocycles. The predicted molar refractivity (Wildman–Crippen MR) is 202 cm³/mol. The van der Waals surface area contributed by atoms with Crippen molar-refractivity contribution in [1.29, 1.82) is 5.26 Å². The Balaban J connectivity index is 1.17. The van der Waals surface area contributed by atoms with E-state index in [0.29, 0.717) is 35.5 Å². The minimum atomic E-state index is -1.97. The number of thiocarbonyl (C=S) groups is 1. The average molecular weight is 814 g/mol. The van der Waals surface area contributed by atoms with Crippen molar-refractivity contribution in [2.75, 3.05) is 52.2 Å². The van der Waals surface area contributed by atoms with Crippen molar-refractivity contribution in [1.82, 2.24) is 29.2 Å². The molecule has 5 rings (SSSR count). The number of fused-ring (bicyclic) bond motifs is 1. The third kappa shape index (κ3) is 9.29. The Morgan fingerprint density at radius 2 is 1.82 bits per heavy atom. The third-order valence-corrected chi connectivity index (χ3v) is 10.5. The molecule has 2 saturated heterocycles. The van der Waals surface area contributed by atoms with E-state index >= 15 is 0 Å². The number of likely N-dealkylation sites (tertiary alicyclic amines) is 1. The van der Waals surface area contributed by atoms with E-state index in [9.17, 15) is 44.9 Å². The highest BCUT2D eigenvalue weighted by atomic mass is 32.1. The van der Waals surface area contributed by atoms with Crippen LogP contribution in [0.3, 0.4) is 0 Å². The molecule has 21 nitrogen and oxygen atoms in total. The first kappa shape index (κ1) is 42.4. The van der Waals surface area contributed by atoms with Crippen LogP contribution in [-0.2, 0) is 25.7 Å². The van der Waals surface area contributed by atoms with Gasteiger partial charge in [-0.25, -0.2) is 19.6 Å². The molecular formula is C35H43N9O12S. The Morgan fingerprint density at radius 3 is 2.51 bits per heavy atom. The number of carbonyl (C=O) groups excluding carboxylic acids is 2. The molecule has 2 aliphatic rings. The number of carbonyl (C=O) groups is 3. The molecule has 1 aromatic carbocycles. The second kappa shape index (κ2) is 18.0. The van der Waals surface area contributed by atoms with Gasteiger partial charge in [0.25, 0.3) is 5.17 Å². The molecule has 2 fully saturated rings. The van der Waals surface area contributed by atoms with Gasteiger partial charge in [0.1, 0.15) is 43.5 Å². The summed E-state index contributed by atoms with van der Waals surface area (Å²) in [7, 11) is 5.14. The van der Waals surface area contributed by atoms with Gasteiger partial charge >= 0.3 is 17.7 Å². The molecule has 3 aromatic rings. The number of amides is 2. The minimum Gasteiger partial charge on any atom is -0.479 e. The fourth-order valence-electron chi connectivity index (χ4n) is 6.59. The van der Waals surface area contributed by atoms with E-state index in [2.05, 4.69) is 16.9 Å². The lowest BCUT2D eigenvalue weighted by molar-refractivity contribution is -0.387. The summed E-state index contributed by atoms with van der Waals surface area (Å²) in [4.78, 5) is 64.2. The van der Waals surface area contributed by atoms with Crippen LogP contribution in [0.4, 0.5) is 16.3 Å². The van der Waals surface area contributed by atoms with Gasteiger partial charge in [-0.3, -0.25) is 19.5 Å². The summed E-state index contributed by atoms with van der Waals surface area (Å²) < 4.78 is 17.5.